The molecule has 0 unspecified atom stereocenters. The predicted molar refractivity (Wildman–Crippen MR) is 130 cm³/mol. The number of hydrogen-bond acceptors (Lipinski definition) is 4. The second-order valence-corrected chi connectivity index (χ2v) is 9.29. The number of carboxylic acids is 1. The number of nitrogens with zero attached hydrogens (tertiary/aromatic N) is 2. The van der Waals surface area contributed by atoms with Gasteiger partial charge in [0.2, 0.25) is 0 Å². The van der Waals surface area contributed by atoms with E-state index in [2.05, 4.69) is 0 Å². The van der Waals surface area contributed by atoms with Crippen molar-refractivity contribution in [2.45, 2.75) is 20.4 Å². The normalized spacial score (nSPS) is 15.0. The molecule has 0 saturated carbocycles. The van der Waals surface area contributed by atoms with Crippen LogP contribution in [0.25, 0.3) is 11.8 Å². The van der Waals surface area contributed by atoms with Crippen LogP contribution in [0.3, 0.4) is 0 Å². The number of halogens is 2. The molecule has 0 spiro atoms. The highest BCUT2D eigenvalue weighted by atomic mass is 35.5. The zero-order valence-corrected chi connectivity index (χ0v) is 20.0. The van der Waals surface area contributed by atoms with Crippen LogP contribution in [0, 0.1) is 13.8 Å². The highest BCUT2D eigenvalue weighted by Gasteiger charge is 2.36. The van der Waals surface area contributed by atoms with E-state index < -0.39 is 11.9 Å². The number of imide groups is 1. The molecule has 2 amide bonds. The van der Waals surface area contributed by atoms with Crippen LogP contribution in [0.1, 0.15) is 32.9 Å². The molecule has 6 nitrogen and oxygen atoms in total. The summed E-state index contributed by atoms with van der Waals surface area (Å²) < 4.78 is 1.96. The van der Waals surface area contributed by atoms with Gasteiger partial charge in [0.05, 0.1) is 17.0 Å². The number of amides is 2. The Labute approximate surface area is 204 Å². The van der Waals surface area contributed by atoms with Gasteiger partial charge in [-0.15, -0.1) is 0 Å². The molecule has 1 fully saturated rings. The van der Waals surface area contributed by atoms with E-state index in [0.717, 1.165) is 39.3 Å². The SMILES string of the molecule is Cc1cc(/C=C2/SC(=O)N(Cc3c(Cl)cccc3Cl)C2=O)c(C)n1-c1ccc(C(=O)O)cc1. The van der Waals surface area contributed by atoms with E-state index in [0.29, 0.717) is 20.5 Å². The Morgan fingerprint density at radius 1 is 1.06 bits per heavy atom. The van der Waals surface area contributed by atoms with Crippen molar-refractivity contribution in [2.24, 2.45) is 0 Å². The minimum Gasteiger partial charge on any atom is -0.478 e. The summed E-state index contributed by atoms with van der Waals surface area (Å²) in [4.78, 5) is 38.1. The molecule has 4 rings (SSSR count). The van der Waals surface area contributed by atoms with Crippen LogP contribution < -0.4 is 0 Å². The number of hydrogen-bond donors (Lipinski definition) is 1. The van der Waals surface area contributed by atoms with E-state index in [4.69, 9.17) is 28.3 Å². The number of rotatable bonds is 5. The van der Waals surface area contributed by atoms with Crippen molar-refractivity contribution in [3.63, 3.8) is 0 Å². The van der Waals surface area contributed by atoms with Crippen molar-refractivity contribution in [1.82, 2.24) is 9.47 Å². The zero-order valence-electron chi connectivity index (χ0n) is 17.6. The summed E-state index contributed by atoms with van der Waals surface area (Å²) in [6.07, 6.45) is 1.70. The molecule has 1 saturated heterocycles. The van der Waals surface area contributed by atoms with Gasteiger partial charge in [0.15, 0.2) is 0 Å². The zero-order chi connectivity index (χ0) is 23.9. The minimum absolute atomic E-state index is 0.00450. The lowest BCUT2D eigenvalue weighted by molar-refractivity contribution is -0.123. The average molecular weight is 501 g/mol. The molecule has 168 valence electrons. The Hall–Kier alpha value is -3.00. The maximum Gasteiger partial charge on any atom is 0.335 e. The fourth-order valence-electron chi connectivity index (χ4n) is 3.70. The number of benzene rings is 2. The average Bonchev–Trinajstić information content (AvgIpc) is 3.19. The van der Waals surface area contributed by atoms with Gasteiger partial charge in [-0.25, -0.2) is 4.79 Å². The third kappa shape index (κ3) is 4.44. The topological polar surface area (TPSA) is 79.6 Å². The van der Waals surface area contributed by atoms with Crippen molar-refractivity contribution in [3.05, 3.63) is 91.6 Å². The number of aromatic carboxylic acids is 1. The van der Waals surface area contributed by atoms with Crippen LogP contribution in [-0.4, -0.2) is 31.7 Å². The molecule has 3 aromatic rings. The summed E-state index contributed by atoms with van der Waals surface area (Å²) in [5.41, 5.74) is 4.08. The number of thioether (sulfide) groups is 1. The molecule has 1 N–H and O–H groups in total. The summed E-state index contributed by atoms with van der Waals surface area (Å²) in [7, 11) is 0. The maximum absolute atomic E-state index is 13.0. The van der Waals surface area contributed by atoms with Gasteiger partial charge in [0.1, 0.15) is 0 Å². The van der Waals surface area contributed by atoms with Gasteiger partial charge in [0, 0.05) is 32.7 Å². The van der Waals surface area contributed by atoms with Crippen LogP contribution in [0.2, 0.25) is 10.0 Å². The molecule has 1 aliphatic rings. The molecule has 1 aromatic heterocycles. The molecule has 33 heavy (non-hydrogen) atoms. The Kier molecular flexibility index (Phi) is 6.38. The van der Waals surface area contributed by atoms with Crippen molar-refractivity contribution >= 4 is 58.2 Å². The van der Waals surface area contributed by atoms with Crippen LogP contribution in [0.5, 0.6) is 0 Å². The summed E-state index contributed by atoms with van der Waals surface area (Å²) >= 11 is 13.3. The first-order valence-corrected chi connectivity index (χ1v) is 11.5. The first-order valence-electron chi connectivity index (χ1n) is 9.88. The van der Waals surface area contributed by atoms with E-state index in [1.54, 1.807) is 48.5 Å². The van der Waals surface area contributed by atoms with Crippen LogP contribution in [-0.2, 0) is 11.3 Å². The third-order valence-corrected chi connectivity index (χ3v) is 7.00. The smallest absolute Gasteiger partial charge is 0.335 e. The second kappa shape index (κ2) is 9.09. The van der Waals surface area contributed by atoms with Crippen molar-refractivity contribution in [3.8, 4) is 5.69 Å². The number of aromatic nitrogens is 1. The van der Waals surface area contributed by atoms with Gasteiger partial charge >= 0.3 is 5.97 Å². The van der Waals surface area contributed by atoms with Gasteiger partial charge in [-0.2, -0.15) is 0 Å². The Morgan fingerprint density at radius 3 is 2.30 bits per heavy atom. The molecule has 0 aliphatic carbocycles. The second-order valence-electron chi connectivity index (χ2n) is 7.48. The summed E-state index contributed by atoms with van der Waals surface area (Å²) in [5, 5.41) is 9.51. The lowest BCUT2D eigenvalue weighted by Crippen LogP contribution is -2.27. The summed E-state index contributed by atoms with van der Waals surface area (Å²) in [5.74, 6) is -1.39. The van der Waals surface area contributed by atoms with E-state index in [9.17, 15) is 14.4 Å². The molecule has 0 radical (unpaired) electrons. The highest BCUT2D eigenvalue weighted by molar-refractivity contribution is 8.18. The fraction of sp³-hybridized carbons (Fsp3) is 0.125. The molecular formula is C24H18Cl2N2O4S. The third-order valence-electron chi connectivity index (χ3n) is 5.38. The molecule has 0 bridgehead atoms. The largest absolute Gasteiger partial charge is 0.478 e. The summed E-state index contributed by atoms with van der Waals surface area (Å²) in [6.45, 7) is 3.81. The van der Waals surface area contributed by atoms with Crippen LogP contribution >= 0.6 is 35.0 Å². The van der Waals surface area contributed by atoms with Gasteiger partial charge in [-0.1, -0.05) is 29.3 Å². The Balaban J connectivity index is 1.63. The number of carboxylic acid groups (broad SMARTS) is 1. The van der Waals surface area contributed by atoms with Gasteiger partial charge < -0.3 is 9.67 Å². The maximum atomic E-state index is 13.0. The van der Waals surface area contributed by atoms with Crippen molar-refractivity contribution in [1.29, 1.82) is 0 Å². The van der Waals surface area contributed by atoms with E-state index in [1.165, 1.54) is 0 Å². The first-order chi connectivity index (χ1) is 15.7. The Morgan fingerprint density at radius 2 is 1.70 bits per heavy atom. The first kappa shape index (κ1) is 23.2. The van der Waals surface area contributed by atoms with E-state index in [1.807, 2.05) is 24.5 Å². The lowest BCUT2D eigenvalue weighted by Gasteiger charge is -2.14. The lowest BCUT2D eigenvalue weighted by atomic mass is 10.2. The quantitative estimate of drug-likeness (QED) is 0.413. The van der Waals surface area contributed by atoms with E-state index >= 15 is 0 Å². The summed E-state index contributed by atoms with van der Waals surface area (Å²) in [6, 6.07) is 13.5. The molecule has 2 aromatic carbocycles. The monoisotopic (exact) mass is 500 g/mol. The fourth-order valence-corrected chi connectivity index (χ4v) is 5.05. The van der Waals surface area contributed by atoms with Crippen LogP contribution in [0.15, 0.2) is 53.4 Å². The predicted octanol–water partition coefficient (Wildman–Crippen LogP) is 6.34. The molecule has 2 heterocycles. The molecule has 1 aliphatic heterocycles. The Bertz CT molecular complexity index is 1310. The number of aryl methyl sites for hydroxylation is 1. The number of carbonyl (C=O) groups is 3. The van der Waals surface area contributed by atoms with Crippen molar-refractivity contribution in [2.75, 3.05) is 0 Å². The molecule has 0 atom stereocenters. The van der Waals surface area contributed by atoms with Crippen molar-refractivity contribution < 1.29 is 19.5 Å². The van der Waals surface area contributed by atoms with Crippen LogP contribution in [0.4, 0.5) is 4.79 Å². The van der Waals surface area contributed by atoms with E-state index in [-0.39, 0.29) is 17.3 Å². The number of carbonyl (C=O) groups excluding carboxylic acids is 2. The van der Waals surface area contributed by atoms with Gasteiger partial charge in [-0.05, 0) is 79.7 Å². The molecule has 9 heteroatoms. The van der Waals surface area contributed by atoms with Gasteiger partial charge in [0.25, 0.3) is 11.1 Å². The highest BCUT2D eigenvalue weighted by Crippen LogP contribution is 2.36. The molecular weight excluding hydrogens is 483 g/mol. The van der Waals surface area contributed by atoms with Gasteiger partial charge in [-0.3, -0.25) is 14.5 Å². The standard InChI is InChI=1S/C24H18Cl2N2O4S/c1-13-10-16(14(2)28(13)17-8-6-15(7-9-17)23(30)31)11-21-22(29)27(24(32)33-21)12-18-19(25)4-3-5-20(18)26/h3-11H,12H2,1-2H3,(H,30,31)/b21-11+. The minimum atomic E-state index is -0.989.